The van der Waals surface area contributed by atoms with Crippen LogP contribution in [0.1, 0.15) is 13.3 Å². The molecule has 0 saturated heterocycles. The first kappa shape index (κ1) is 10.3. The lowest BCUT2D eigenvalue weighted by atomic mass is 10.2. The summed E-state index contributed by atoms with van der Waals surface area (Å²) in [5.74, 6) is 1.27. The van der Waals surface area contributed by atoms with Gasteiger partial charge in [0.2, 0.25) is 0 Å². The molecular formula is C6H13NOS2. The van der Waals surface area contributed by atoms with Crippen LogP contribution >= 0.6 is 25.3 Å². The van der Waals surface area contributed by atoms with E-state index in [1.165, 1.54) is 0 Å². The fraction of sp³-hybridized carbons (Fsp3) is 0.833. The Hall–Kier alpha value is 0.330. The summed E-state index contributed by atoms with van der Waals surface area (Å²) < 4.78 is 0. The number of carbonyl (C=O) groups excluding carboxylic acids is 1. The fourth-order valence-corrected chi connectivity index (χ4v) is 1.19. The van der Waals surface area contributed by atoms with Crippen molar-refractivity contribution in [3.8, 4) is 0 Å². The average molecular weight is 179 g/mol. The number of ketones is 1. The SMILES string of the molecule is CCC(=O)[C@H](CS)NCS. The van der Waals surface area contributed by atoms with Gasteiger partial charge in [-0.3, -0.25) is 10.1 Å². The third kappa shape index (κ3) is 3.49. The van der Waals surface area contributed by atoms with Gasteiger partial charge in [0.05, 0.1) is 6.04 Å². The Kier molecular flexibility index (Phi) is 6.27. The Morgan fingerprint density at radius 2 is 2.20 bits per heavy atom. The number of rotatable bonds is 5. The van der Waals surface area contributed by atoms with Crippen LogP contribution in [0.2, 0.25) is 0 Å². The molecule has 2 nitrogen and oxygen atoms in total. The van der Waals surface area contributed by atoms with Crippen LogP contribution in [-0.4, -0.2) is 23.5 Å². The highest BCUT2D eigenvalue weighted by Gasteiger charge is 2.11. The van der Waals surface area contributed by atoms with Crippen molar-refractivity contribution in [2.75, 3.05) is 11.6 Å². The van der Waals surface area contributed by atoms with Crippen LogP contribution in [0.15, 0.2) is 0 Å². The van der Waals surface area contributed by atoms with E-state index in [-0.39, 0.29) is 11.8 Å². The van der Waals surface area contributed by atoms with Gasteiger partial charge in [-0.25, -0.2) is 0 Å². The van der Waals surface area contributed by atoms with E-state index in [1.54, 1.807) is 0 Å². The zero-order valence-corrected chi connectivity index (χ0v) is 7.79. The molecule has 1 atom stereocenters. The number of Topliss-reactive ketones (excluding diaryl/α,β-unsaturated/α-hetero) is 1. The maximum absolute atomic E-state index is 11.0. The van der Waals surface area contributed by atoms with Crippen LogP contribution in [0.3, 0.4) is 0 Å². The zero-order valence-electron chi connectivity index (χ0n) is 6.00. The van der Waals surface area contributed by atoms with Gasteiger partial charge < -0.3 is 0 Å². The molecule has 0 saturated carbocycles. The molecule has 0 heterocycles. The van der Waals surface area contributed by atoms with E-state index in [4.69, 9.17) is 0 Å². The third-order valence-corrected chi connectivity index (χ3v) is 1.81. The molecule has 0 aliphatic carbocycles. The minimum Gasteiger partial charge on any atom is -0.298 e. The number of thiol groups is 2. The molecule has 4 heteroatoms. The molecule has 0 aliphatic rings. The molecule has 0 bridgehead atoms. The second-order valence-electron chi connectivity index (χ2n) is 1.92. The lowest BCUT2D eigenvalue weighted by Crippen LogP contribution is -2.37. The van der Waals surface area contributed by atoms with Gasteiger partial charge in [-0.1, -0.05) is 6.92 Å². The normalized spacial score (nSPS) is 13.1. The summed E-state index contributed by atoms with van der Waals surface area (Å²) in [5, 5.41) is 2.92. The summed E-state index contributed by atoms with van der Waals surface area (Å²) in [4.78, 5) is 11.0. The molecule has 0 spiro atoms. The van der Waals surface area contributed by atoms with Gasteiger partial charge in [0.1, 0.15) is 5.78 Å². The first-order chi connectivity index (χ1) is 4.76. The molecule has 0 aromatic heterocycles. The predicted molar refractivity (Wildman–Crippen MR) is 49.9 cm³/mol. The topological polar surface area (TPSA) is 29.1 Å². The van der Waals surface area contributed by atoms with Crippen molar-refractivity contribution in [1.82, 2.24) is 5.32 Å². The molecular weight excluding hydrogens is 166 g/mol. The van der Waals surface area contributed by atoms with E-state index in [1.807, 2.05) is 6.92 Å². The van der Waals surface area contributed by atoms with Crippen molar-refractivity contribution in [1.29, 1.82) is 0 Å². The Morgan fingerprint density at radius 3 is 2.50 bits per heavy atom. The molecule has 0 fully saturated rings. The van der Waals surface area contributed by atoms with Gasteiger partial charge in [0, 0.05) is 18.1 Å². The molecule has 0 rings (SSSR count). The van der Waals surface area contributed by atoms with E-state index in [9.17, 15) is 4.79 Å². The second-order valence-corrected chi connectivity index (χ2v) is 2.60. The van der Waals surface area contributed by atoms with Gasteiger partial charge in [0.15, 0.2) is 0 Å². The summed E-state index contributed by atoms with van der Waals surface area (Å²) in [5.41, 5.74) is 0. The largest absolute Gasteiger partial charge is 0.298 e. The summed E-state index contributed by atoms with van der Waals surface area (Å²) in [6.45, 7) is 1.85. The van der Waals surface area contributed by atoms with Crippen molar-refractivity contribution in [3.05, 3.63) is 0 Å². The average Bonchev–Trinajstić information content (AvgIpc) is 1.99. The van der Waals surface area contributed by atoms with E-state index < -0.39 is 0 Å². The van der Waals surface area contributed by atoms with E-state index in [0.29, 0.717) is 18.1 Å². The predicted octanol–water partition coefficient (Wildman–Crippen LogP) is 0.741. The summed E-state index contributed by atoms with van der Waals surface area (Å²) in [7, 11) is 0. The number of nitrogens with one attached hydrogen (secondary N) is 1. The molecule has 0 aromatic carbocycles. The monoisotopic (exact) mass is 179 g/mol. The Balaban J connectivity index is 3.68. The molecule has 60 valence electrons. The smallest absolute Gasteiger partial charge is 0.150 e. The molecule has 0 aromatic rings. The Labute approximate surface area is 72.6 Å². The first-order valence-electron chi connectivity index (χ1n) is 3.24. The molecule has 1 N–H and O–H groups in total. The summed E-state index contributed by atoms with van der Waals surface area (Å²) >= 11 is 7.98. The minimum absolute atomic E-state index is 0.120. The minimum atomic E-state index is -0.120. The maximum Gasteiger partial charge on any atom is 0.150 e. The lowest BCUT2D eigenvalue weighted by Gasteiger charge is -2.11. The number of hydrogen-bond acceptors (Lipinski definition) is 4. The van der Waals surface area contributed by atoms with Crippen LogP contribution < -0.4 is 5.32 Å². The molecule has 0 aliphatic heterocycles. The Bertz CT molecular complexity index is 108. The summed E-state index contributed by atoms with van der Waals surface area (Å²) in [6.07, 6.45) is 0.562. The zero-order chi connectivity index (χ0) is 7.98. The third-order valence-electron chi connectivity index (χ3n) is 1.26. The van der Waals surface area contributed by atoms with Crippen molar-refractivity contribution in [2.24, 2.45) is 0 Å². The highest BCUT2D eigenvalue weighted by atomic mass is 32.1. The summed E-state index contributed by atoms with van der Waals surface area (Å²) in [6, 6.07) is -0.120. The quantitative estimate of drug-likeness (QED) is 0.429. The van der Waals surface area contributed by atoms with Gasteiger partial charge in [0.25, 0.3) is 0 Å². The van der Waals surface area contributed by atoms with Crippen LogP contribution in [0.4, 0.5) is 0 Å². The van der Waals surface area contributed by atoms with Gasteiger partial charge in [-0.2, -0.15) is 25.3 Å². The maximum atomic E-state index is 11.0. The van der Waals surface area contributed by atoms with Gasteiger partial charge >= 0.3 is 0 Å². The Morgan fingerprint density at radius 1 is 1.60 bits per heavy atom. The second kappa shape index (κ2) is 6.07. The molecule has 0 unspecified atom stereocenters. The van der Waals surface area contributed by atoms with Crippen molar-refractivity contribution in [2.45, 2.75) is 19.4 Å². The van der Waals surface area contributed by atoms with Crippen LogP contribution in [0, 0.1) is 0 Å². The highest BCUT2D eigenvalue weighted by molar-refractivity contribution is 7.80. The molecule has 0 radical (unpaired) electrons. The van der Waals surface area contributed by atoms with E-state index in [2.05, 4.69) is 30.6 Å². The highest BCUT2D eigenvalue weighted by Crippen LogP contribution is 1.93. The van der Waals surface area contributed by atoms with Crippen molar-refractivity contribution < 1.29 is 4.79 Å². The van der Waals surface area contributed by atoms with E-state index >= 15 is 0 Å². The van der Waals surface area contributed by atoms with Crippen LogP contribution in [0.25, 0.3) is 0 Å². The van der Waals surface area contributed by atoms with Gasteiger partial charge in [-0.15, -0.1) is 0 Å². The first-order valence-corrected chi connectivity index (χ1v) is 4.50. The fourth-order valence-electron chi connectivity index (χ4n) is 0.637. The van der Waals surface area contributed by atoms with Crippen molar-refractivity contribution in [3.63, 3.8) is 0 Å². The molecule has 0 amide bonds. The molecule has 10 heavy (non-hydrogen) atoms. The van der Waals surface area contributed by atoms with E-state index in [0.717, 1.165) is 0 Å². The van der Waals surface area contributed by atoms with Crippen molar-refractivity contribution >= 4 is 31.0 Å². The number of carbonyl (C=O) groups is 1. The number of hydrogen-bond donors (Lipinski definition) is 3. The standard InChI is InChI=1S/C6H13NOS2/c1-2-6(8)5(3-9)7-4-10/h5,7,9-10H,2-4H2,1H3/t5-/m0/s1. The lowest BCUT2D eigenvalue weighted by molar-refractivity contribution is -0.120. The van der Waals surface area contributed by atoms with Crippen LogP contribution in [0.5, 0.6) is 0 Å². The van der Waals surface area contributed by atoms with Crippen LogP contribution in [-0.2, 0) is 4.79 Å². The van der Waals surface area contributed by atoms with Gasteiger partial charge in [-0.05, 0) is 0 Å².